The first-order valence-corrected chi connectivity index (χ1v) is 7.16. The first-order chi connectivity index (χ1) is 8.65. The van der Waals surface area contributed by atoms with Crippen molar-refractivity contribution in [2.75, 3.05) is 6.61 Å². The molecule has 0 spiro atoms. The van der Waals surface area contributed by atoms with Gasteiger partial charge < -0.3 is 9.84 Å². The van der Waals surface area contributed by atoms with E-state index in [4.69, 9.17) is 27.9 Å². The number of halogens is 2. The molecule has 0 aliphatic heterocycles. The van der Waals surface area contributed by atoms with Crippen LogP contribution >= 0.6 is 23.2 Å². The minimum atomic E-state index is -0.417. The Morgan fingerprint density at radius 1 is 1.28 bits per heavy atom. The Morgan fingerprint density at radius 2 is 2.00 bits per heavy atom. The largest absolute Gasteiger partial charge is 0.489 e. The van der Waals surface area contributed by atoms with Crippen molar-refractivity contribution in [1.29, 1.82) is 0 Å². The summed E-state index contributed by atoms with van der Waals surface area (Å²) in [5.74, 6) is 1.23. The van der Waals surface area contributed by atoms with Crippen LogP contribution in [0.2, 0.25) is 10.0 Å². The van der Waals surface area contributed by atoms with Crippen LogP contribution in [0.25, 0.3) is 0 Å². The molecule has 0 saturated heterocycles. The highest BCUT2D eigenvalue weighted by molar-refractivity contribution is 6.35. The lowest BCUT2D eigenvalue weighted by Gasteiger charge is -2.16. The highest BCUT2D eigenvalue weighted by atomic mass is 35.5. The van der Waals surface area contributed by atoms with Crippen molar-refractivity contribution in [1.82, 2.24) is 0 Å². The summed E-state index contributed by atoms with van der Waals surface area (Å²) in [6.45, 7) is 0.290. The second kappa shape index (κ2) is 6.65. The summed E-state index contributed by atoms with van der Waals surface area (Å²) < 4.78 is 5.52. The normalized spacial score (nSPS) is 17.9. The average molecular weight is 289 g/mol. The van der Waals surface area contributed by atoms with Crippen LogP contribution in [0.5, 0.6) is 5.75 Å². The molecule has 0 aromatic heterocycles. The van der Waals surface area contributed by atoms with Gasteiger partial charge in [-0.15, -0.1) is 0 Å². The quantitative estimate of drug-likeness (QED) is 0.875. The van der Waals surface area contributed by atoms with Gasteiger partial charge in [0.05, 0.1) is 11.1 Å². The number of rotatable bonds is 5. The zero-order chi connectivity index (χ0) is 13.0. The van der Waals surface area contributed by atoms with E-state index in [2.05, 4.69) is 0 Å². The van der Waals surface area contributed by atoms with Gasteiger partial charge >= 0.3 is 0 Å². The molecule has 100 valence electrons. The summed E-state index contributed by atoms with van der Waals surface area (Å²) in [5, 5.41) is 11.0. The van der Waals surface area contributed by atoms with E-state index in [1.807, 2.05) is 0 Å². The summed E-state index contributed by atoms with van der Waals surface area (Å²) in [4.78, 5) is 0. The SMILES string of the molecule is OC(COc1ccc(Cl)cc1Cl)CC1CCCC1. The van der Waals surface area contributed by atoms with Gasteiger partial charge in [0.25, 0.3) is 0 Å². The molecular weight excluding hydrogens is 271 g/mol. The molecule has 0 amide bonds. The highest BCUT2D eigenvalue weighted by Gasteiger charge is 2.19. The molecule has 1 aromatic carbocycles. The molecule has 1 fully saturated rings. The van der Waals surface area contributed by atoms with Crippen molar-refractivity contribution in [3.63, 3.8) is 0 Å². The molecule has 1 aliphatic carbocycles. The lowest BCUT2D eigenvalue weighted by atomic mass is 10.0. The molecule has 2 nitrogen and oxygen atoms in total. The number of ether oxygens (including phenoxy) is 1. The summed E-state index contributed by atoms with van der Waals surface area (Å²) in [6, 6.07) is 5.10. The maximum absolute atomic E-state index is 9.92. The molecule has 1 aromatic rings. The minimum Gasteiger partial charge on any atom is -0.489 e. The smallest absolute Gasteiger partial charge is 0.138 e. The van der Waals surface area contributed by atoms with Crippen molar-refractivity contribution in [3.8, 4) is 5.75 Å². The summed E-state index contributed by atoms with van der Waals surface area (Å²) >= 11 is 11.8. The highest BCUT2D eigenvalue weighted by Crippen LogP contribution is 2.30. The van der Waals surface area contributed by atoms with Gasteiger partial charge in [-0.2, -0.15) is 0 Å². The van der Waals surface area contributed by atoms with Gasteiger partial charge in [0.15, 0.2) is 0 Å². The number of hydrogen-bond donors (Lipinski definition) is 1. The van der Waals surface area contributed by atoms with E-state index >= 15 is 0 Å². The Kier molecular flexibility index (Phi) is 5.16. The third kappa shape index (κ3) is 4.04. The Bertz CT molecular complexity index is 389. The molecule has 0 bridgehead atoms. The lowest BCUT2D eigenvalue weighted by Crippen LogP contribution is -2.20. The van der Waals surface area contributed by atoms with Crippen molar-refractivity contribution in [2.45, 2.75) is 38.2 Å². The maximum Gasteiger partial charge on any atom is 0.138 e. The van der Waals surface area contributed by atoms with Crippen LogP contribution in [0.1, 0.15) is 32.1 Å². The van der Waals surface area contributed by atoms with Gasteiger partial charge in [0.1, 0.15) is 12.4 Å². The van der Waals surface area contributed by atoms with Crippen LogP contribution in [0.15, 0.2) is 18.2 Å². The van der Waals surface area contributed by atoms with Crippen molar-refractivity contribution < 1.29 is 9.84 Å². The van der Waals surface area contributed by atoms with Crippen molar-refractivity contribution in [2.24, 2.45) is 5.92 Å². The third-order valence-corrected chi connectivity index (χ3v) is 3.94. The second-order valence-corrected chi connectivity index (χ2v) is 5.77. The monoisotopic (exact) mass is 288 g/mol. The topological polar surface area (TPSA) is 29.5 Å². The van der Waals surface area contributed by atoms with Gasteiger partial charge in [-0.05, 0) is 30.5 Å². The number of aliphatic hydroxyl groups is 1. The standard InChI is InChI=1S/C14H18Cl2O2/c15-11-5-6-14(13(16)8-11)18-9-12(17)7-10-3-1-2-4-10/h5-6,8,10,12,17H,1-4,7,9H2. The summed E-state index contributed by atoms with van der Waals surface area (Å²) in [5.41, 5.74) is 0. The number of benzene rings is 1. The van der Waals surface area contributed by atoms with Gasteiger partial charge in [-0.25, -0.2) is 0 Å². The molecule has 0 radical (unpaired) electrons. The third-order valence-electron chi connectivity index (χ3n) is 3.41. The molecule has 2 rings (SSSR count). The molecule has 1 unspecified atom stereocenters. The van der Waals surface area contributed by atoms with E-state index in [-0.39, 0.29) is 6.61 Å². The van der Waals surface area contributed by atoms with Gasteiger partial charge in [0, 0.05) is 5.02 Å². The zero-order valence-corrected chi connectivity index (χ0v) is 11.8. The van der Waals surface area contributed by atoms with E-state index in [1.165, 1.54) is 25.7 Å². The molecule has 0 heterocycles. The minimum absolute atomic E-state index is 0.290. The predicted octanol–water partition coefficient (Wildman–Crippen LogP) is 4.31. The summed E-state index contributed by atoms with van der Waals surface area (Å²) in [7, 11) is 0. The van der Waals surface area contributed by atoms with Crippen LogP contribution in [-0.4, -0.2) is 17.8 Å². The Morgan fingerprint density at radius 3 is 2.67 bits per heavy atom. The maximum atomic E-state index is 9.92. The van der Waals surface area contributed by atoms with Crippen molar-refractivity contribution >= 4 is 23.2 Å². The van der Waals surface area contributed by atoms with Crippen LogP contribution < -0.4 is 4.74 Å². The molecule has 4 heteroatoms. The second-order valence-electron chi connectivity index (χ2n) is 4.93. The van der Waals surface area contributed by atoms with E-state index in [1.54, 1.807) is 18.2 Å². The number of aliphatic hydroxyl groups excluding tert-OH is 1. The Balaban J connectivity index is 1.79. The molecule has 1 atom stereocenters. The van der Waals surface area contributed by atoms with E-state index in [0.29, 0.717) is 21.7 Å². The number of hydrogen-bond acceptors (Lipinski definition) is 2. The van der Waals surface area contributed by atoms with E-state index < -0.39 is 6.10 Å². The van der Waals surface area contributed by atoms with Gasteiger partial charge in [0.2, 0.25) is 0 Å². The molecule has 18 heavy (non-hydrogen) atoms. The fourth-order valence-electron chi connectivity index (χ4n) is 2.48. The fraction of sp³-hybridized carbons (Fsp3) is 0.571. The molecule has 1 aliphatic rings. The van der Waals surface area contributed by atoms with Crippen LogP contribution in [0.3, 0.4) is 0 Å². The van der Waals surface area contributed by atoms with Crippen LogP contribution in [0, 0.1) is 5.92 Å². The van der Waals surface area contributed by atoms with Crippen LogP contribution in [0.4, 0.5) is 0 Å². The zero-order valence-electron chi connectivity index (χ0n) is 10.2. The van der Waals surface area contributed by atoms with Gasteiger partial charge in [-0.3, -0.25) is 0 Å². The molecule has 1 saturated carbocycles. The first kappa shape index (κ1) is 14.0. The Labute approximate surface area is 118 Å². The van der Waals surface area contributed by atoms with Crippen LogP contribution in [-0.2, 0) is 0 Å². The van der Waals surface area contributed by atoms with E-state index in [0.717, 1.165) is 6.42 Å². The van der Waals surface area contributed by atoms with Crippen molar-refractivity contribution in [3.05, 3.63) is 28.2 Å². The lowest BCUT2D eigenvalue weighted by molar-refractivity contribution is 0.0856. The molecular formula is C14H18Cl2O2. The Hall–Kier alpha value is -0.440. The molecule has 1 N–H and O–H groups in total. The average Bonchev–Trinajstić information content (AvgIpc) is 2.80. The van der Waals surface area contributed by atoms with Gasteiger partial charge in [-0.1, -0.05) is 48.9 Å². The fourth-order valence-corrected chi connectivity index (χ4v) is 2.94. The predicted molar refractivity (Wildman–Crippen MR) is 74.5 cm³/mol. The first-order valence-electron chi connectivity index (χ1n) is 6.41. The summed E-state index contributed by atoms with van der Waals surface area (Å²) in [6.07, 6.45) is 5.46. The van der Waals surface area contributed by atoms with E-state index in [9.17, 15) is 5.11 Å².